The molecule has 0 aliphatic carbocycles. The zero-order valence-electron chi connectivity index (χ0n) is 31.7. The van der Waals surface area contributed by atoms with Gasteiger partial charge in [-0.05, 0) is 90.7 Å². The van der Waals surface area contributed by atoms with Crippen LogP contribution in [0.25, 0.3) is 101 Å². The topological polar surface area (TPSA) is 38.7 Å². The Kier molecular flexibility index (Phi) is 9.23. The molecule has 1 aromatic heterocycles. The van der Waals surface area contributed by atoms with Gasteiger partial charge in [-0.25, -0.2) is 15.0 Å². The van der Waals surface area contributed by atoms with E-state index in [1.807, 2.05) is 12.1 Å². The van der Waals surface area contributed by atoms with Crippen molar-refractivity contribution in [1.82, 2.24) is 15.0 Å². The third-order valence-corrected chi connectivity index (χ3v) is 10.7. The van der Waals surface area contributed by atoms with Crippen molar-refractivity contribution in [3.05, 3.63) is 224 Å². The van der Waals surface area contributed by atoms with Crippen LogP contribution in [0.2, 0.25) is 0 Å². The van der Waals surface area contributed by atoms with Crippen molar-refractivity contribution in [3.8, 4) is 89.8 Å². The highest BCUT2D eigenvalue weighted by Crippen LogP contribution is 2.39. The van der Waals surface area contributed by atoms with Crippen molar-refractivity contribution in [2.75, 3.05) is 0 Å². The molecule has 1 heterocycles. The Morgan fingerprint density at radius 2 is 0.621 bits per heavy atom. The highest BCUT2D eigenvalue weighted by atomic mass is 15.0. The van der Waals surface area contributed by atoms with Gasteiger partial charge >= 0.3 is 0 Å². The molecule has 9 aromatic carbocycles. The molecule has 0 saturated carbocycles. The number of aromatic nitrogens is 3. The first kappa shape index (κ1) is 34.7. The summed E-state index contributed by atoms with van der Waals surface area (Å²) in [5, 5.41) is 2.43. The summed E-state index contributed by atoms with van der Waals surface area (Å²) >= 11 is 0. The lowest BCUT2D eigenvalue weighted by atomic mass is 9.89. The highest BCUT2D eigenvalue weighted by Gasteiger charge is 2.18. The second-order valence-electron chi connectivity index (χ2n) is 14.4. The summed E-state index contributed by atoms with van der Waals surface area (Å²) in [7, 11) is 0. The highest BCUT2D eigenvalue weighted by molar-refractivity contribution is 5.93. The summed E-state index contributed by atoms with van der Waals surface area (Å²) in [5.41, 5.74) is 14.1. The van der Waals surface area contributed by atoms with Crippen molar-refractivity contribution < 1.29 is 0 Å². The van der Waals surface area contributed by atoms with Gasteiger partial charge in [-0.15, -0.1) is 0 Å². The van der Waals surface area contributed by atoms with Gasteiger partial charge in [0.05, 0.1) is 0 Å². The lowest BCUT2D eigenvalue weighted by Crippen LogP contribution is -2.01. The minimum absolute atomic E-state index is 0.614. The van der Waals surface area contributed by atoms with Crippen LogP contribution in [0.3, 0.4) is 0 Å². The Bertz CT molecular complexity index is 3050. The molecule has 272 valence electrons. The fraction of sp³-hybridized carbons (Fsp3) is 0. The molecular formula is C55H37N3. The van der Waals surface area contributed by atoms with Crippen LogP contribution in [-0.4, -0.2) is 15.0 Å². The smallest absolute Gasteiger partial charge is 0.164 e. The van der Waals surface area contributed by atoms with E-state index in [1.165, 1.54) is 21.9 Å². The molecule has 0 saturated heterocycles. The fourth-order valence-electron chi connectivity index (χ4n) is 7.80. The molecule has 0 aliphatic heterocycles. The fourth-order valence-corrected chi connectivity index (χ4v) is 7.80. The van der Waals surface area contributed by atoms with Crippen molar-refractivity contribution in [3.63, 3.8) is 0 Å². The zero-order valence-corrected chi connectivity index (χ0v) is 31.7. The van der Waals surface area contributed by atoms with Gasteiger partial charge in [0, 0.05) is 16.7 Å². The summed E-state index contributed by atoms with van der Waals surface area (Å²) in [6, 6.07) is 78.9. The van der Waals surface area contributed by atoms with E-state index >= 15 is 0 Å². The van der Waals surface area contributed by atoms with Crippen LogP contribution in [0.5, 0.6) is 0 Å². The maximum absolute atomic E-state index is 5.25. The van der Waals surface area contributed by atoms with E-state index in [1.54, 1.807) is 0 Å². The second kappa shape index (κ2) is 15.4. The van der Waals surface area contributed by atoms with Gasteiger partial charge in [-0.2, -0.15) is 0 Å². The predicted molar refractivity (Wildman–Crippen MR) is 241 cm³/mol. The molecule has 10 aromatic rings. The van der Waals surface area contributed by atoms with E-state index < -0.39 is 0 Å². The number of nitrogens with zero attached hydrogens (tertiary/aromatic N) is 3. The van der Waals surface area contributed by atoms with Gasteiger partial charge in [0.1, 0.15) is 0 Å². The van der Waals surface area contributed by atoms with Gasteiger partial charge in [-0.1, -0.05) is 200 Å². The zero-order chi connectivity index (χ0) is 38.7. The van der Waals surface area contributed by atoms with E-state index in [9.17, 15) is 0 Å². The molecule has 3 heteroatoms. The molecule has 0 bridgehead atoms. The monoisotopic (exact) mass is 739 g/mol. The van der Waals surface area contributed by atoms with Crippen molar-refractivity contribution >= 4 is 10.8 Å². The lowest BCUT2D eigenvalue weighted by molar-refractivity contribution is 1.07. The molecule has 3 nitrogen and oxygen atoms in total. The molecule has 58 heavy (non-hydrogen) atoms. The van der Waals surface area contributed by atoms with Crippen molar-refractivity contribution in [2.24, 2.45) is 0 Å². The van der Waals surface area contributed by atoms with Crippen molar-refractivity contribution in [2.45, 2.75) is 0 Å². The van der Waals surface area contributed by atoms with E-state index in [0.29, 0.717) is 17.5 Å². The minimum atomic E-state index is 0.614. The quantitative estimate of drug-likeness (QED) is 0.156. The van der Waals surface area contributed by atoms with Crippen LogP contribution in [0, 0.1) is 0 Å². The maximum Gasteiger partial charge on any atom is 0.164 e. The van der Waals surface area contributed by atoms with Gasteiger partial charge in [0.25, 0.3) is 0 Å². The standard InChI is InChI=1S/C55H37N3/c1-4-16-38(17-5-1)43-24-14-26-47(35-43)53-56-54(58-55(57-53)51-29-13-12-28-49(51)41-21-8-3-9-22-41)48-27-15-25-45(36-48)50-33-32-44(39-18-6-2-7-19-39)37-52(50)46-31-30-40-20-10-11-23-42(40)34-46/h1-37H. The van der Waals surface area contributed by atoms with Gasteiger partial charge in [0.15, 0.2) is 17.5 Å². The van der Waals surface area contributed by atoms with Crippen LogP contribution in [-0.2, 0) is 0 Å². The Balaban J connectivity index is 1.14. The summed E-state index contributed by atoms with van der Waals surface area (Å²) in [4.78, 5) is 15.7. The molecule has 10 rings (SSSR count). The Hall–Kier alpha value is -7.75. The van der Waals surface area contributed by atoms with Crippen LogP contribution in [0.4, 0.5) is 0 Å². The molecule has 0 N–H and O–H groups in total. The Labute approximate surface area is 338 Å². The van der Waals surface area contributed by atoms with E-state index in [-0.39, 0.29) is 0 Å². The first-order valence-corrected chi connectivity index (χ1v) is 19.6. The predicted octanol–water partition coefficient (Wildman–Crippen LogP) is 14.4. The first-order chi connectivity index (χ1) is 28.7. The number of benzene rings is 9. The number of hydrogen-bond acceptors (Lipinski definition) is 3. The average Bonchev–Trinajstić information content (AvgIpc) is 3.32. The molecule has 0 radical (unpaired) electrons. The van der Waals surface area contributed by atoms with Crippen LogP contribution in [0.15, 0.2) is 224 Å². The summed E-state index contributed by atoms with van der Waals surface area (Å²) in [6.07, 6.45) is 0. The molecule has 0 fully saturated rings. The summed E-state index contributed by atoms with van der Waals surface area (Å²) in [5.74, 6) is 1.86. The minimum Gasteiger partial charge on any atom is -0.208 e. The van der Waals surface area contributed by atoms with Crippen LogP contribution < -0.4 is 0 Å². The number of rotatable bonds is 8. The molecule has 0 unspecified atom stereocenters. The Morgan fingerprint density at radius 1 is 0.190 bits per heavy atom. The van der Waals surface area contributed by atoms with E-state index in [0.717, 1.165) is 61.2 Å². The first-order valence-electron chi connectivity index (χ1n) is 19.6. The van der Waals surface area contributed by atoms with Crippen molar-refractivity contribution in [1.29, 1.82) is 0 Å². The van der Waals surface area contributed by atoms with Gasteiger partial charge in [-0.3, -0.25) is 0 Å². The van der Waals surface area contributed by atoms with Crippen LogP contribution >= 0.6 is 0 Å². The summed E-state index contributed by atoms with van der Waals surface area (Å²) < 4.78 is 0. The third-order valence-electron chi connectivity index (χ3n) is 10.7. The van der Waals surface area contributed by atoms with Gasteiger partial charge < -0.3 is 0 Å². The molecule has 0 aliphatic rings. The van der Waals surface area contributed by atoms with Crippen LogP contribution in [0.1, 0.15) is 0 Å². The van der Waals surface area contributed by atoms with E-state index in [2.05, 4.69) is 212 Å². The maximum atomic E-state index is 5.25. The average molecular weight is 740 g/mol. The number of hydrogen-bond donors (Lipinski definition) is 0. The molecule has 0 spiro atoms. The molecule has 0 atom stereocenters. The largest absolute Gasteiger partial charge is 0.208 e. The lowest BCUT2D eigenvalue weighted by Gasteiger charge is -2.15. The molecular weight excluding hydrogens is 703 g/mol. The Morgan fingerprint density at radius 3 is 1.29 bits per heavy atom. The molecule has 0 amide bonds. The van der Waals surface area contributed by atoms with E-state index in [4.69, 9.17) is 15.0 Å². The number of fused-ring (bicyclic) bond motifs is 1. The normalized spacial score (nSPS) is 11.1. The SMILES string of the molecule is c1ccc(-c2cccc(-c3nc(-c4cccc(-c5ccc(-c6ccccc6)cc5-c5ccc6ccccc6c5)c4)nc(-c4ccccc4-c4ccccc4)n3)c2)cc1. The third kappa shape index (κ3) is 6.98. The van der Waals surface area contributed by atoms with Gasteiger partial charge in [0.2, 0.25) is 0 Å². The second-order valence-corrected chi connectivity index (χ2v) is 14.4. The summed E-state index contributed by atoms with van der Waals surface area (Å²) in [6.45, 7) is 0.